The van der Waals surface area contributed by atoms with E-state index in [2.05, 4.69) is 29.9 Å². The number of aromatic nitrogens is 3. The minimum atomic E-state index is -5.08. The number of aryl methyl sites for hydroxylation is 1. The fraction of sp³-hybridized carbons (Fsp3) is 0.259. The Labute approximate surface area is 247 Å². The first-order chi connectivity index (χ1) is 20.7. The number of pyridine rings is 1. The molecule has 3 N–H and O–H groups in total. The fourth-order valence-electron chi connectivity index (χ4n) is 4.36. The third-order valence-corrected chi connectivity index (χ3v) is 7.80. The van der Waals surface area contributed by atoms with Crippen LogP contribution < -0.4 is 19.7 Å². The Balaban J connectivity index is 0.000000566. The summed E-state index contributed by atoms with van der Waals surface area (Å²) in [5.74, 6) is -4.03. The maximum Gasteiger partial charge on any atom is 0.490 e. The number of methoxy groups -OCH3 is 1. The number of ether oxygens (including phenoxy) is 1. The third-order valence-electron chi connectivity index (χ3n) is 6.40. The summed E-state index contributed by atoms with van der Waals surface area (Å²) < 4.78 is 92.7. The van der Waals surface area contributed by atoms with Gasteiger partial charge in [-0.05, 0) is 48.4 Å². The molecule has 17 heteroatoms. The van der Waals surface area contributed by atoms with Crippen LogP contribution in [0.15, 0.2) is 53.8 Å². The highest BCUT2D eigenvalue weighted by Gasteiger charge is 2.38. The molecule has 2 aromatic carbocycles. The van der Waals surface area contributed by atoms with E-state index < -0.39 is 38.7 Å². The van der Waals surface area contributed by atoms with Gasteiger partial charge >= 0.3 is 12.1 Å². The van der Waals surface area contributed by atoms with Crippen LogP contribution in [0.25, 0.3) is 22.0 Å². The zero-order valence-corrected chi connectivity index (χ0v) is 23.9. The molecule has 234 valence electrons. The summed E-state index contributed by atoms with van der Waals surface area (Å²) in [5, 5.41) is 11.3. The maximum absolute atomic E-state index is 14.2. The van der Waals surface area contributed by atoms with Crippen LogP contribution in [0.4, 0.5) is 33.5 Å². The standard InChI is InChI=1S/C25H24F2N6O3S.C2HF3O2/c1-15-9-21-19(24(31-14-30-21)33-7-5-28-6-8-33)12-18(15)16-10-22(25(36-2)29-13-16)32-37(34,35)23-4-3-17(26)11-20(23)27;3-2(4,5)1(6)7/h3-4,9-14,28,32H,5-8H2,1-2H3;(H,6,7). The quantitative estimate of drug-likeness (QED) is 0.263. The highest BCUT2D eigenvalue weighted by atomic mass is 32.2. The van der Waals surface area contributed by atoms with E-state index in [1.54, 1.807) is 18.6 Å². The first-order valence-corrected chi connectivity index (χ1v) is 14.2. The second kappa shape index (κ2) is 12.9. The van der Waals surface area contributed by atoms with Crippen molar-refractivity contribution in [1.29, 1.82) is 0 Å². The second-order valence-electron chi connectivity index (χ2n) is 9.38. The van der Waals surface area contributed by atoms with Crippen molar-refractivity contribution in [2.45, 2.75) is 18.0 Å². The number of fused-ring (bicyclic) bond motifs is 1. The van der Waals surface area contributed by atoms with E-state index in [1.807, 2.05) is 19.1 Å². The van der Waals surface area contributed by atoms with Gasteiger partial charge in [-0.1, -0.05) is 0 Å². The Morgan fingerprint density at radius 3 is 2.36 bits per heavy atom. The molecule has 0 unspecified atom stereocenters. The molecule has 5 rings (SSSR count). The van der Waals surface area contributed by atoms with E-state index in [-0.39, 0.29) is 11.6 Å². The largest absolute Gasteiger partial charge is 0.490 e. The van der Waals surface area contributed by atoms with Crippen molar-refractivity contribution in [3.05, 3.63) is 66.1 Å². The first kappa shape index (κ1) is 32.3. The number of nitrogens with one attached hydrogen (secondary N) is 2. The lowest BCUT2D eigenvalue weighted by molar-refractivity contribution is -0.192. The number of nitrogens with zero attached hydrogens (tertiary/aromatic N) is 4. The van der Waals surface area contributed by atoms with Crippen LogP contribution >= 0.6 is 0 Å². The van der Waals surface area contributed by atoms with Crippen molar-refractivity contribution in [2.75, 3.05) is 42.9 Å². The molecule has 4 aromatic rings. The number of sulfonamides is 1. The van der Waals surface area contributed by atoms with Gasteiger partial charge in [0.05, 0.1) is 12.6 Å². The van der Waals surface area contributed by atoms with Gasteiger partial charge in [-0.3, -0.25) is 4.72 Å². The molecular formula is C27H25F5N6O5S. The van der Waals surface area contributed by atoms with Gasteiger partial charge in [0, 0.05) is 49.4 Å². The number of alkyl halides is 3. The van der Waals surface area contributed by atoms with Crippen LogP contribution in [0, 0.1) is 18.6 Å². The van der Waals surface area contributed by atoms with E-state index in [0.717, 1.165) is 66.2 Å². The minimum absolute atomic E-state index is 0.00174. The summed E-state index contributed by atoms with van der Waals surface area (Å²) in [6.45, 7) is 5.25. The van der Waals surface area contributed by atoms with Gasteiger partial charge in [-0.15, -0.1) is 0 Å². The van der Waals surface area contributed by atoms with Gasteiger partial charge in [0.15, 0.2) is 0 Å². The summed E-state index contributed by atoms with van der Waals surface area (Å²) in [6, 6.07) is 7.72. The SMILES string of the molecule is COc1ncc(-c2cc3c(N4CCNCC4)ncnc3cc2C)cc1NS(=O)(=O)c1ccc(F)cc1F.O=C(O)C(F)(F)F. The number of carbonyl (C=O) groups is 1. The number of anilines is 2. The number of carboxylic acids is 1. The highest BCUT2D eigenvalue weighted by molar-refractivity contribution is 7.92. The van der Waals surface area contributed by atoms with Crippen LogP contribution in [0.5, 0.6) is 5.88 Å². The number of rotatable bonds is 6. The first-order valence-electron chi connectivity index (χ1n) is 12.7. The molecule has 0 atom stereocenters. The van der Waals surface area contributed by atoms with Gasteiger partial charge in [-0.2, -0.15) is 13.2 Å². The number of hydrogen-bond donors (Lipinski definition) is 3. The van der Waals surface area contributed by atoms with Crippen molar-refractivity contribution in [3.8, 4) is 17.0 Å². The summed E-state index contributed by atoms with van der Waals surface area (Å²) >= 11 is 0. The smallest absolute Gasteiger partial charge is 0.480 e. The number of piperazine rings is 1. The van der Waals surface area contributed by atoms with Crippen LogP contribution in [0.2, 0.25) is 0 Å². The van der Waals surface area contributed by atoms with Crippen LogP contribution in [0.3, 0.4) is 0 Å². The lowest BCUT2D eigenvalue weighted by Gasteiger charge is -2.29. The Morgan fingerprint density at radius 2 is 1.75 bits per heavy atom. The van der Waals surface area contributed by atoms with Crippen molar-refractivity contribution >= 4 is 38.4 Å². The van der Waals surface area contributed by atoms with E-state index in [9.17, 15) is 30.4 Å². The predicted octanol–water partition coefficient (Wildman–Crippen LogP) is 4.13. The Bertz CT molecular complexity index is 1800. The Morgan fingerprint density at radius 1 is 1.07 bits per heavy atom. The molecule has 0 aliphatic carbocycles. The predicted molar refractivity (Wildman–Crippen MR) is 150 cm³/mol. The van der Waals surface area contributed by atoms with Crippen LogP contribution in [-0.4, -0.2) is 73.9 Å². The average molecular weight is 641 g/mol. The number of carboxylic acid groups (broad SMARTS) is 1. The zero-order chi connectivity index (χ0) is 32.2. The molecule has 0 spiro atoms. The molecular weight excluding hydrogens is 615 g/mol. The second-order valence-corrected chi connectivity index (χ2v) is 11.0. The molecule has 3 heterocycles. The molecule has 2 aromatic heterocycles. The van der Waals surface area contributed by atoms with E-state index in [1.165, 1.54) is 7.11 Å². The van der Waals surface area contributed by atoms with Gasteiger partial charge in [0.2, 0.25) is 5.88 Å². The van der Waals surface area contributed by atoms with E-state index >= 15 is 0 Å². The zero-order valence-electron chi connectivity index (χ0n) is 23.1. The molecule has 1 fully saturated rings. The molecule has 0 bridgehead atoms. The lowest BCUT2D eigenvalue weighted by atomic mass is 9.99. The summed E-state index contributed by atoms with van der Waals surface area (Å²) in [5.41, 5.74) is 3.09. The van der Waals surface area contributed by atoms with Gasteiger partial charge in [0.1, 0.15) is 34.4 Å². The molecule has 11 nitrogen and oxygen atoms in total. The fourth-order valence-corrected chi connectivity index (χ4v) is 5.47. The monoisotopic (exact) mass is 640 g/mol. The molecule has 44 heavy (non-hydrogen) atoms. The summed E-state index contributed by atoms with van der Waals surface area (Å²) in [7, 11) is -3.06. The van der Waals surface area contributed by atoms with Gasteiger partial charge in [0.25, 0.3) is 10.0 Å². The molecule has 1 aliphatic heterocycles. The molecule has 1 saturated heterocycles. The summed E-state index contributed by atoms with van der Waals surface area (Å²) in [6.07, 6.45) is -1.97. The molecule has 0 radical (unpaired) electrons. The minimum Gasteiger partial charge on any atom is -0.480 e. The van der Waals surface area contributed by atoms with Gasteiger partial charge < -0.3 is 20.1 Å². The van der Waals surface area contributed by atoms with E-state index in [4.69, 9.17) is 14.6 Å². The highest BCUT2D eigenvalue weighted by Crippen LogP contribution is 2.35. The Hall–Kier alpha value is -4.64. The number of benzene rings is 2. The van der Waals surface area contributed by atoms with Gasteiger partial charge in [-0.25, -0.2) is 36.9 Å². The number of hydrogen-bond acceptors (Lipinski definition) is 9. The third kappa shape index (κ3) is 7.28. The topological polar surface area (TPSA) is 147 Å². The molecule has 0 amide bonds. The lowest BCUT2D eigenvalue weighted by Crippen LogP contribution is -2.44. The van der Waals surface area contributed by atoms with Crippen LogP contribution in [0.1, 0.15) is 5.56 Å². The van der Waals surface area contributed by atoms with E-state index in [0.29, 0.717) is 11.6 Å². The van der Waals surface area contributed by atoms with Crippen molar-refractivity contribution in [1.82, 2.24) is 20.3 Å². The normalized spacial score (nSPS) is 13.7. The molecule has 0 saturated carbocycles. The maximum atomic E-state index is 14.2. The Kier molecular flexibility index (Phi) is 9.48. The number of halogens is 5. The van der Waals surface area contributed by atoms with Crippen molar-refractivity contribution < 1.29 is 45.0 Å². The van der Waals surface area contributed by atoms with Crippen molar-refractivity contribution in [3.63, 3.8) is 0 Å². The number of aliphatic carboxylic acids is 1. The van der Waals surface area contributed by atoms with Crippen LogP contribution in [-0.2, 0) is 14.8 Å². The summed E-state index contributed by atoms with van der Waals surface area (Å²) in [4.78, 5) is 23.6. The average Bonchev–Trinajstić information content (AvgIpc) is 2.96. The van der Waals surface area contributed by atoms with Crippen molar-refractivity contribution in [2.24, 2.45) is 0 Å². The molecule has 1 aliphatic rings.